The van der Waals surface area contributed by atoms with Gasteiger partial charge in [-0.15, -0.1) is 0 Å². The molecular formula is C18H25BrN2O3. The molecule has 1 unspecified atom stereocenters. The second-order valence-corrected chi connectivity index (χ2v) is 8.07. The van der Waals surface area contributed by atoms with Gasteiger partial charge in [0.05, 0.1) is 0 Å². The van der Waals surface area contributed by atoms with Crippen LogP contribution in [-0.4, -0.2) is 47.0 Å². The van der Waals surface area contributed by atoms with Crippen LogP contribution in [0.15, 0.2) is 28.7 Å². The first-order chi connectivity index (χ1) is 11.2. The first-order valence-corrected chi connectivity index (χ1v) is 8.96. The van der Waals surface area contributed by atoms with Crippen molar-refractivity contribution in [2.75, 3.05) is 13.6 Å². The Morgan fingerprint density at radius 1 is 1.29 bits per heavy atom. The zero-order chi connectivity index (χ0) is 17.9. The fourth-order valence-corrected chi connectivity index (χ4v) is 3.02. The van der Waals surface area contributed by atoms with E-state index in [1.807, 2.05) is 45.0 Å². The van der Waals surface area contributed by atoms with Crippen molar-refractivity contribution < 1.29 is 14.3 Å². The molecule has 1 atom stereocenters. The second kappa shape index (κ2) is 7.55. The fraction of sp³-hybridized carbons (Fsp3) is 0.556. The zero-order valence-corrected chi connectivity index (χ0v) is 16.3. The highest BCUT2D eigenvalue weighted by atomic mass is 79.9. The summed E-state index contributed by atoms with van der Waals surface area (Å²) in [5.74, 6) is -0.0405. The maximum absolute atomic E-state index is 12.8. The van der Waals surface area contributed by atoms with Gasteiger partial charge in [0.15, 0.2) is 0 Å². The molecular weight excluding hydrogens is 372 g/mol. The molecule has 1 heterocycles. The topological polar surface area (TPSA) is 49.9 Å². The van der Waals surface area contributed by atoms with E-state index in [0.29, 0.717) is 19.5 Å². The normalized spacial score (nSPS) is 17.7. The van der Waals surface area contributed by atoms with Gasteiger partial charge in [-0.2, -0.15) is 0 Å². The third kappa shape index (κ3) is 4.97. The lowest BCUT2D eigenvalue weighted by atomic mass is 10.1. The fourth-order valence-electron chi connectivity index (χ4n) is 2.76. The monoisotopic (exact) mass is 396 g/mol. The number of likely N-dealkylation sites (tertiary alicyclic amines) is 1. The van der Waals surface area contributed by atoms with E-state index in [9.17, 15) is 9.59 Å². The molecule has 24 heavy (non-hydrogen) atoms. The number of carbonyl (C=O) groups is 2. The minimum Gasteiger partial charge on any atom is -0.444 e. The molecule has 1 aromatic carbocycles. The summed E-state index contributed by atoms with van der Waals surface area (Å²) in [4.78, 5) is 28.3. The van der Waals surface area contributed by atoms with Crippen LogP contribution in [0.3, 0.4) is 0 Å². The van der Waals surface area contributed by atoms with Crippen molar-refractivity contribution in [3.8, 4) is 0 Å². The maximum Gasteiger partial charge on any atom is 0.410 e. The number of hydrogen-bond donors (Lipinski definition) is 0. The van der Waals surface area contributed by atoms with Crippen molar-refractivity contribution in [3.05, 3.63) is 34.3 Å². The van der Waals surface area contributed by atoms with E-state index in [2.05, 4.69) is 15.9 Å². The lowest BCUT2D eigenvalue weighted by Gasteiger charge is -2.30. The van der Waals surface area contributed by atoms with Crippen molar-refractivity contribution in [2.45, 2.75) is 51.8 Å². The molecule has 0 N–H and O–H groups in total. The second-order valence-electron chi connectivity index (χ2n) is 7.15. The van der Waals surface area contributed by atoms with E-state index >= 15 is 0 Å². The zero-order valence-electron chi connectivity index (χ0n) is 14.7. The standard InChI is InChI=1S/C18H25BrN2O3/c1-18(2,3)24-17(23)21-11-5-6-15(21)16(22)20(4)12-13-7-9-14(19)10-8-13/h7-10,15H,5-6,11-12H2,1-4H3. The molecule has 0 radical (unpaired) electrons. The summed E-state index contributed by atoms with van der Waals surface area (Å²) >= 11 is 3.40. The highest BCUT2D eigenvalue weighted by Crippen LogP contribution is 2.23. The van der Waals surface area contributed by atoms with E-state index in [0.717, 1.165) is 16.5 Å². The van der Waals surface area contributed by atoms with Gasteiger partial charge < -0.3 is 9.64 Å². The summed E-state index contributed by atoms with van der Waals surface area (Å²) in [5, 5.41) is 0. The van der Waals surface area contributed by atoms with Crippen LogP contribution in [0.5, 0.6) is 0 Å². The van der Waals surface area contributed by atoms with E-state index in [4.69, 9.17) is 4.74 Å². The van der Waals surface area contributed by atoms with Crippen molar-refractivity contribution in [1.82, 2.24) is 9.80 Å². The minimum absolute atomic E-state index is 0.0405. The Bertz CT molecular complexity index is 595. The van der Waals surface area contributed by atoms with Crippen molar-refractivity contribution in [3.63, 3.8) is 0 Å². The number of halogens is 1. The van der Waals surface area contributed by atoms with Crippen LogP contribution in [0.4, 0.5) is 4.79 Å². The maximum atomic E-state index is 12.8. The Hall–Kier alpha value is -1.56. The van der Waals surface area contributed by atoms with Crippen LogP contribution in [-0.2, 0) is 16.1 Å². The Balaban J connectivity index is 2.01. The third-order valence-corrected chi connectivity index (χ3v) is 4.40. The summed E-state index contributed by atoms with van der Waals surface area (Å²) < 4.78 is 6.43. The molecule has 2 amide bonds. The number of ether oxygens (including phenoxy) is 1. The molecule has 1 aliphatic rings. The van der Waals surface area contributed by atoms with Gasteiger partial charge in [0.25, 0.3) is 0 Å². The predicted molar refractivity (Wildman–Crippen MR) is 96.6 cm³/mol. The number of likely N-dealkylation sites (N-methyl/N-ethyl adjacent to an activating group) is 1. The molecule has 0 bridgehead atoms. The van der Waals surface area contributed by atoms with Crippen molar-refractivity contribution in [1.29, 1.82) is 0 Å². The van der Waals surface area contributed by atoms with Crippen LogP contribution in [0.1, 0.15) is 39.2 Å². The van der Waals surface area contributed by atoms with E-state index < -0.39 is 17.7 Å². The molecule has 1 aromatic rings. The largest absolute Gasteiger partial charge is 0.444 e. The molecule has 132 valence electrons. The number of hydrogen-bond acceptors (Lipinski definition) is 3. The third-order valence-electron chi connectivity index (χ3n) is 3.88. The molecule has 0 aromatic heterocycles. The van der Waals surface area contributed by atoms with Gasteiger partial charge in [0, 0.05) is 24.6 Å². The van der Waals surface area contributed by atoms with Gasteiger partial charge in [-0.25, -0.2) is 4.79 Å². The molecule has 1 aliphatic heterocycles. The lowest BCUT2D eigenvalue weighted by Crippen LogP contribution is -2.47. The van der Waals surface area contributed by atoms with Gasteiger partial charge in [0.2, 0.25) is 5.91 Å². The summed E-state index contributed by atoms with van der Waals surface area (Å²) in [5.41, 5.74) is 0.493. The molecule has 0 aliphatic carbocycles. The minimum atomic E-state index is -0.559. The first-order valence-electron chi connectivity index (χ1n) is 8.16. The predicted octanol–water partition coefficient (Wildman–Crippen LogP) is 3.81. The van der Waals surface area contributed by atoms with Crippen LogP contribution in [0.25, 0.3) is 0 Å². The summed E-state index contributed by atoms with van der Waals surface area (Å²) in [6.07, 6.45) is 1.10. The molecule has 1 fully saturated rings. The summed E-state index contributed by atoms with van der Waals surface area (Å²) in [7, 11) is 1.77. The number of nitrogens with zero attached hydrogens (tertiary/aromatic N) is 2. The van der Waals surface area contributed by atoms with E-state index in [-0.39, 0.29) is 5.91 Å². The Labute approximate surface area is 152 Å². The average molecular weight is 397 g/mol. The quantitative estimate of drug-likeness (QED) is 0.780. The molecule has 0 saturated carbocycles. The highest BCUT2D eigenvalue weighted by molar-refractivity contribution is 9.10. The van der Waals surface area contributed by atoms with Crippen LogP contribution < -0.4 is 0 Å². The summed E-state index contributed by atoms with van der Waals surface area (Å²) in [6, 6.07) is 7.44. The molecule has 2 rings (SSSR count). The van der Waals surface area contributed by atoms with Crippen LogP contribution >= 0.6 is 15.9 Å². The Morgan fingerprint density at radius 3 is 2.50 bits per heavy atom. The number of carbonyl (C=O) groups excluding carboxylic acids is 2. The van der Waals surface area contributed by atoms with Gasteiger partial charge in [0.1, 0.15) is 11.6 Å². The average Bonchev–Trinajstić information content (AvgIpc) is 2.96. The van der Waals surface area contributed by atoms with Crippen LogP contribution in [0.2, 0.25) is 0 Å². The van der Waals surface area contributed by atoms with Crippen LogP contribution in [0, 0.1) is 0 Å². The Morgan fingerprint density at radius 2 is 1.92 bits per heavy atom. The molecule has 0 spiro atoms. The molecule has 6 heteroatoms. The summed E-state index contributed by atoms with van der Waals surface area (Å²) in [6.45, 7) is 6.58. The lowest BCUT2D eigenvalue weighted by molar-refractivity contribution is -0.135. The number of rotatable bonds is 3. The van der Waals surface area contributed by atoms with E-state index in [1.165, 1.54) is 0 Å². The highest BCUT2D eigenvalue weighted by Gasteiger charge is 2.37. The van der Waals surface area contributed by atoms with Crippen molar-refractivity contribution in [2.24, 2.45) is 0 Å². The van der Waals surface area contributed by atoms with Gasteiger partial charge >= 0.3 is 6.09 Å². The Kier molecular flexibility index (Phi) is 5.91. The van der Waals surface area contributed by atoms with Gasteiger partial charge in [-0.3, -0.25) is 9.69 Å². The van der Waals surface area contributed by atoms with E-state index in [1.54, 1.807) is 16.8 Å². The first kappa shape index (κ1) is 18.8. The molecule has 5 nitrogen and oxygen atoms in total. The smallest absolute Gasteiger partial charge is 0.410 e. The van der Waals surface area contributed by atoms with Crippen molar-refractivity contribution >= 4 is 27.9 Å². The van der Waals surface area contributed by atoms with Gasteiger partial charge in [-0.1, -0.05) is 28.1 Å². The SMILES string of the molecule is CN(Cc1ccc(Br)cc1)C(=O)C1CCCN1C(=O)OC(C)(C)C. The van der Waals surface area contributed by atoms with Gasteiger partial charge in [-0.05, 0) is 51.3 Å². The molecule has 1 saturated heterocycles. The number of amides is 2. The number of benzene rings is 1.